The maximum absolute atomic E-state index is 12.2. The van der Waals surface area contributed by atoms with Crippen LogP contribution in [0, 0.1) is 5.41 Å². The van der Waals surface area contributed by atoms with Gasteiger partial charge in [0.05, 0.1) is 19.2 Å². The Morgan fingerprint density at radius 1 is 1.35 bits per heavy atom. The van der Waals surface area contributed by atoms with Crippen molar-refractivity contribution in [3.63, 3.8) is 0 Å². The molecule has 0 bridgehead atoms. The molecule has 7 heteroatoms. The molecule has 0 radical (unpaired) electrons. The van der Waals surface area contributed by atoms with Crippen molar-refractivity contribution >= 4 is 23.6 Å². The summed E-state index contributed by atoms with van der Waals surface area (Å²) < 4.78 is 15.8. The number of carbonyl (C=O) groups excluding carboxylic acids is 1. The van der Waals surface area contributed by atoms with Gasteiger partial charge in [0, 0.05) is 32.4 Å². The quantitative estimate of drug-likeness (QED) is 0.675. The number of nitrogens with one attached hydrogen (secondary N) is 1. The topological polar surface area (TPSA) is 77.0 Å². The SMILES string of the molecule is COc1cc(/C=C/C(=O)NCC2(CCO)CCOCC2)cc(Cl)c1OC. The van der Waals surface area contributed by atoms with Crippen LogP contribution in [0.15, 0.2) is 18.2 Å². The monoisotopic (exact) mass is 383 g/mol. The Hall–Kier alpha value is -1.76. The fourth-order valence-corrected chi connectivity index (χ4v) is 3.39. The fraction of sp³-hybridized carbons (Fsp3) is 0.526. The summed E-state index contributed by atoms with van der Waals surface area (Å²) in [5, 5.41) is 12.7. The van der Waals surface area contributed by atoms with Gasteiger partial charge in [-0.2, -0.15) is 0 Å². The minimum atomic E-state index is -0.195. The Morgan fingerprint density at radius 3 is 2.69 bits per heavy atom. The van der Waals surface area contributed by atoms with E-state index in [4.69, 9.17) is 25.8 Å². The molecule has 144 valence electrons. The highest BCUT2D eigenvalue weighted by molar-refractivity contribution is 6.32. The van der Waals surface area contributed by atoms with Crippen molar-refractivity contribution in [1.29, 1.82) is 0 Å². The lowest BCUT2D eigenvalue weighted by Gasteiger charge is -2.36. The highest BCUT2D eigenvalue weighted by Gasteiger charge is 2.32. The van der Waals surface area contributed by atoms with Gasteiger partial charge in [0.25, 0.3) is 0 Å². The summed E-state index contributed by atoms with van der Waals surface area (Å²) in [5.74, 6) is 0.769. The van der Waals surface area contributed by atoms with E-state index in [1.54, 1.807) is 18.2 Å². The average Bonchev–Trinajstić information content (AvgIpc) is 2.65. The summed E-state index contributed by atoms with van der Waals surface area (Å²) in [6.07, 6.45) is 5.47. The molecule has 1 aliphatic rings. The fourth-order valence-electron chi connectivity index (χ4n) is 3.10. The van der Waals surface area contributed by atoms with Gasteiger partial charge in [-0.3, -0.25) is 4.79 Å². The number of methoxy groups -OCH3 is 2. The second kappa shape index (κ2) is 9.80. The van der Waals surface area contributed by atoms with E-state index in [0.29, 0.717) is 42.7 Å². The van der Waals surface area contributed by atoms with E-state index in [1.165, 1.54) is 20.3 Å². The van der Waals surface area contributed by atoms with Gasteiger partial charge in [-0.25, -0.2) is 0 Å². The first-order valence-corrected chi connectivity index (χ1v) is 8.97. The number of halogens is 1. The van der Waals surface area contributed by atoms with Gasteiger partial charge in [0.15, 0.2) is 11.5 Å². The van der Waals surface area contributed by atoms with Crippen LogP contribution in [-0.4, -0.2) is 51.6 Å². The van der Waals surface area contributed by atoms with Crippen LogP contribution in [0.3, 0.4) is 0 Å². The Labute approximate surface area is 159 Å². The molecule has 26 heavy (non-hydrogen) atoms. The molecule has 1 saturated heterocycles. The van der Waals surface area contributed by atoms with Gasteiger partial charge in [0.1, 0.15) is 0 Å². The molecular weight excluding hydrogens is 358 g/mol. The van der Waals surface area contributed by atoms with Crippen molar-refractivity contribution in [3.05, 3.63) is 28.8 Å². The van der Waals surface area contributed by atoms with Crippen LogP contribution >= 0.6 is 11.6 Å². The van der Waals surface area contributed by atoms with E-state index in [9.17, 15) is 9.90 Å². The molecule has 2 N–H and O–H groups in total. The minimum Gasteiger partial charge on any atom is -0.493 e. The molecule has 1 aromatic carbocycles. The molecule has 1 aromatic rings. The lowest BCUT2D eigenvalue weighted by Crippen LogP contribution is -2.41. The van der Waals surface area contributed by atoms with E-state index in [-0.39, 0.29) is 17.9 Å². The average molecular weight is 384 g/mol. The van der Waals surface area contributed by atoms with Gasteiger partial charge in [-0.1, -0.05) is 11.6 Å². The maximum atomic E-state index is 12.2. The second-order valence-electron chi connectivity index (χ2n) is 6.38. The number of benzene rings is 1. The Balaban J connectivity index is 1.99. The second-order valence-corrected chi connectivity index (χ2v) is 6.78. The zero-order valence-electron chi connectivity index (χ0n) is 15.2. The molecule has 0 spiro atoms. The summed E-state index contributed by atoms with van der Waals surface area (Å²) in [6, 6.07) is 3.46. The number of aliphatic hydroxyl groups is 1. The Bertz CT molecular complexity index is 636. The van der Waals surface area contributed by atoms with Gasteiger partial charge >= 0.3 is 0 Å². The zero-order valence-corrected chi connectivity index (χ0v) is 16.0. The van der Waals surface area contributed by atoms with Crippen LogP contribution in [0.2, 0.25) is 5.02 Å². The first-order chi connectivity index (χ1) is 12.5. The van der Waals surface area contributed by atoms with Gasteiger partial charge in [-0.15, -0.1) is 0 Å². The summed E-state index contributed by atoms with van der Waals surface area (Å²) in [7, 11) is 3.05. The molecule has 0 unspecified atom stereocenters. The molecule has 1 fully saturated rings. The normalized spacial score (nSPS) is 16.5. The molecule has 0 saturated carbocycles. The lowest BCUT2D eigenvalue weighted by atomic mass is 9.77. The van der Waals surface area contributed by atoms with Crippen LogP contribution in [0.5, 0.6) is 11.5 Å². The third-order valence-corrected chi connectivity index (χ3v) is 5.00. The van der Waals surface area contributed by atoms with E-state index in [2.05, 4.69) is 5.32 Å². The van der Waals surface area contributed by atoms with E-state index < -0.39 is 0 Å². The van der Waals surface area contributed by atoms with Crippen molar-refractivity contribution < 1.29 is 24.1 Å². The number of aliphatic hydroxyl groups excluding tert-OH is 1. The number of rotatable bonds is 8. The minimum absolute atomic E-state index is 0.0941. The number of ether oxygens (including phenoxy) is 3. The van der Waals surface area contributed by atoms with Crippen molar-refractivity contribution in [2.45, 2.75) is 19.3 Å². The first kappa shape index (κ1) is 20.6. The van der Waals surface area contributed by atoms with E-state index >= 15 is 0 Å². The summed E-state index contributed by atoms with van der Waals surface area (Å²) >= 11 is 6.17. The number of carbonyl (C=O) groups is 1. The van der Waals surface area contributed by atoms with Crippen molar-refractivity contribution in [1.82, 2.24) is 5.32 Å². The van der Waals surface area contributed by atoms with Crippen molar-refractivity contribution in [2.75, 3.05) is 40.6 Å². The standard InChI is InChI=1S/C19H26ClNO5/c1-24-16-12-14(11-15(20)18(16)25-2)3-4-17(23)21-13-19(5-8-22)6-9-26-10-7-19/h3-4,11-12,22H,5-10,13H2,1-2H3,(H,21,23)/b4-3+. The molecule has 0 aliphatic carbocycles. The summed E-state index contributed by atoms with van der Waals surface area (Å²) in [6.45, 7) is 1.95. The molecule has 6 nitrogen and oxygen atoms in total. The van der Waals surface area contributed by atoms with Crippen molar-refractivity contribution in [3.8, 4) is 11.5 Å². The smallest absolute Gasteiger partial charge is 0.244 e. The highest BCUT2D eigenvalue weighted by Crippen LogP contribution is 2.36. The van der Waals surface area contributed by atoms with Crippen LogP contribution in [0.4, 0.5) is 0 Å². The van der Waals surface area contributed by atoms with Gasteiger partial charge in [0.2, 0.25) is 5.91 Å². The lowest BCUT2D eigenvalue weighted by molar-refractivity contribution is -0.117. The molecule has 2 rings (SSSR count). The summed E-state index contributed by atoms with van der Waals surface area (Å²) in [4.78, 5) is 12.2. The Kier molecular flexibility index (Phi) is 7.75. The highest BCUT2D eigenvalue weighted by atomic mass is 35.5. The number of hydrogen-bond donors (Lipinski definition) is 2. The number of amides is 1. The molecule has 1 amide bonds. The van der Waals surface area contributed by atoms with E-state index in [1.807, 2.05) is 0 Å². The predicted octanol–water partition coefficient (Wildman–Crippen LogP) is 2.67. The van der Waals surface area contributed by atoms with Crippen LogP contribution in [0.1, 0.15) is 24.8 Å². The number of hydrogen-bond acceptors (Lipinski definition) is 5. The maximum Gasteiger partial charge on any atom is 0.244 e. The predicted molar refractivity (Wildman–Crippen MR) is 101 cm³/mol. The van der Waals surface area contributed by atoms with Crippen LogP contribution < -0.4 is 14.8 Å². The summed E-state index contributed by atoms with van der Waals surface area (Å²) in [5.41, 5.74) is 0.641. The van der Waals surface area contributed by atoms with Gasteiger partial charge < -0.3 is 24.6 Å². The first-order valence-electron chi connectivity index (χ1n) is 8.59. The third kappa shape index (κ3) is 5.37. The molecule has 1 aliphatic heterocycles. The van der Waals surface area contributed by atoms with Gasteiger partial charge in [-0.05, 0) is 48.4 Å². The Morgan fingerprint density at radius 2 is 2.08 bits per heavy atom. The molecule has 0 atom stereocenters. The van der Waals surface area contributed by atoms with E-state index in [0.717, 1.165) is 18.4 Å². The third-order valence-electron chi connectivity index (χ3n) is 4.72. The van der Waals surface area contributed by atoms with Crippen molar-refractivity contribution in [2.24, 2.45) is 5.41 Å². The van der Waals surface area contributed by atoms with Crippen LogP contribution in [-0.2, 0) is 9.53 Å². The largest absolute Gasteiger partial charge is 0.493 e. The zero-order chi connectivity index (χ0) is 19.0. The molecule has 1 heterocycles. The molecule has 0 aromatic heterocycles. The molecular formula is C19H26ClNO5. The van der Waals surface area contributed by atoms with Crippen LogP contribution in [0.25, 0.3) is 6.08 Å².